The largest absolute Gasteiger partial charge is 0.0651 e. The minimum atomic E-state index is 0.898. The summed E-state index contributed by atoms with van der Waals surface area (Å²) in [4.78, 5) is 0. The Balaban J connectivity index is 1.99. The van der Waals surface area contributed by atoms with Crippen LogP contribution < -0.4 is 0 Å². The third-order valence-corrected chi connectivity index (χ3v) is 3.83. The second-order valence-corrected chi connectivity index (χ2v) is 3.98. The van der Waals surface area contributed by atoms with Crippen molar-refractivity contribution in [1.82, 2.24) is 0 Å². The van der Waals surface area contributed by atoms with Crippen LogP contribution in [0.5, 0.6) is 0 Å². The zero-order chi connectivity index (χ0) is 6.48. The molecular weight excluding hydrogens is 108 g/mol. The Morgan fingerprint density at radius 1 is 1.67 bits per heavy atom. The zero-order valence-corrected chi connectivity index (χ0v) is 6.48. The molecule has 0 aliphatic heterocycles. The molecule has 2 fully saturated rings. The van der Waals surface area contributed by atoms with Crippen molar-refractivity contribution in [3.05, 3.63) is 0 Å². The summed E-state index contributed by atoms with van der Waals surface area (Å²) in [6.07, 6.45) is 6.06. The van der Waals surface area contributed by atoms with Gasteiger partial charge in [-0.2, -0.15) is 0 Å². The van der Waals surface area contributed by atoms with E-state index in [9.17, 15) is 0 Å². The fourth-order valence-electron chi connectivity index (χ4n) is 2.58. The summed E-state index contributed by atoms with van der Waals surface area (Å²) < 4.78 is 0. The Bertz CT molecular complexity index is 124. The predicted octanol–water partition coefficient (Wildman–Crippen LogP) is 2.83. The summed E-state index contributed by atoms with van der Waals surface area (Å²) in [6, 6.07) is 0. The van der Waals surface area contributed by atoms with Crippen molar-refractivity contribution in [3.8, 4) is 0 Å². The van der Waals surface area contributed by atoms with Crippen LogP contribution in [0, 0.1) is 17.3 Å². The van der Waals surface area contributed by atoms with Gasteiger partial charge in [-0.1, -0.05) is 20.3 Å². The van der Waals surface area contributed by atoms with E-state index in [0.29, 0.717) is 0 Å². The lowest BCUT2D eigenvalue weighted by molar-refractivity contribution is 0.191. The normalized spacial score (nSPS) is 49.3. The van der Waals surface area contributed by atoms with Gasteiger partial charge in [0, 0.05) is 0 Å². The van der Waals surface area contributed by atoms with Gasteiger partial charge in [0.25, 0.3) is 0 Å². The number of hydrogen-bond donors (Lipinski definition) is 0. The lowest BCUT2D eigenvalue weighted by Crippen LogP contribution is -2.22. The predicted molar refractivity (Wildman–Crippen MR) is 39.2 cm³/mol. The lowest BCUT2D eigenvalue weighted by Gasteiger charge is -2.31. The third-order valence-electron chi connectivity index (χ3n) is 3.83. The maximum atomic E-state index is 2.43. The second-order valence-electron chi connectivity index (χ2n) is 3.98. The molecule has 0 aromatic heterocycles. The first-order valence-electron chi connectivity index (χ1n) is 4.29. The first-order chi connectivity index (χ1) is 4.29. The van der Waals surface area contributed by atoms with E-state index in [1.54, 1.807) is 19.3 Å². The third kappa shape index (κ3) is 0.544. The van der Waals surface area contributed by atoms with Gasteiger partial charge in [0.2, 0.25) is 0 Å². The van der Waals surface area contributed by atoms with Gasteiger partial charge < -0.3 is 0 Å². The van der Waals surface area contributed by atoms with Crippen molar-refractivity contribution in [2.45, 2.75) is 39.5 Å². The van der Waals surface area contributed by atoms with Crippen LogP contribution in [0.2, 0.25) is 0 Å². The minimum absolute atomic E-state index is 0.898. The van der Waals surface area contributed by atoms with E-state index >= 15 is 0 Å². The molecule has 0 spiro atoms. The summed E-state index contributed by atoms with van der Waals surface area (Å²) in [6.45, 7) is 4.76. The molecule has 0 bridgehead atoms. The van der Waals surface area contributed by atoms with Crippen molar-refractivity contribution in [2.24, 2.45) is 17.3 Å². The highest BCUT2D eigenvalue weighted by molar-refractivity contribution is 5.12. The van der Waals surface area contributed by atoms with Crippen LogP contribution in [0.1, 0.15) is 39.5 Å². The molecule has 0 radical (unpaired) electrons. The maximum absolute atomic E-state index is 2.43. The summed E-state index contributed by atoms with van der Waals surface area (Å²) in [7, 11) is 0. The van der Waals surface area contributed by atoms with Gasteiger partial charge in [0.05, 0.1) is 0 Å². The summed E-state index contributed by atoms with van der Waals surface area (Å²) >= 11 is 0. The van der Waals surface area contributed by atoms with E-state index in [4.69, 9.17) is 0 Å². The highest BCUT2D eigenvalue weighted by Gasteiger charge is 2.62. The van der Waals surface area contributed by atoms with Crippen LogP contribution >= 0.6 is 0 Å². The Hall–Kier alpha value is 0. The SMILES string of the molecule is CCC(C)C12CCC1C2. The molecule has 2 rings (SSSR count). The van der Waals surface area contributed by atoms with Gasteiger partial charge >= 0.3 is 0 Å². The second kappa shape index (κ2) is 1.53. The van der Waals surface area contributed by atoms with Gasteiger partial charge in [-0.3, -0.25) is 0 Å². The van der Waals surface area contributed by atoms with Gasteiger partial charge in [-0.05, 0) is 36.5 Å². The first kappa shape index (κ1) is 5.76. The Morgan fingerprint density at radius 2 is 2.44 bits per heavy atom. The number of fused-ring (bicyclic) bond motifs is 1. The smallest absolute Gasteiger partial charge is 0.0240 e. The molecule has 3 unspecified atom stereocenters. The summed E-state index contributed by atoms with van der Waals surface area (Å²) in [5.41, 5.74) is 0.898. The Kier molecular flexibility index (Phi) is 0.980. The quantitative estimate of drug-likeness (QED) is 0.531. The maximum Gasteiger partial charge on any atom is -0.0240 e. The van der Waals surface area contributed by atoms with E-state index in [2.05, 4.69) is 13.8 Å². The highest BCUT2D eigenvalue weighted by atomic mass is 14.7. The molecule has 52 valence electrons. The van der Waals surface area contributed by atoms with Crippen molar-refractivity contribution >= 4 is 0 Å². The molecule has 2 saturated carbocycles. The van der Waals surface area contributed by atoms with Gasteiger partial charge in [-0.25, -0.2) is 0 Å². The Morgan fingerprint density at radius 3 is 2.56 bits per heavy atom. The molecule has 3 atom stereocenters. The van der Waals surface area contributed by atoms with Crippen LogP contribution in [0.25, 0.3) is 0 Å². The van der Waals surface area contributed by atoms with Crippen LogP contribution in [0.15, 0.2) is 0 Å². The molecule has 2 aliphatic rings. The minimum Gasteiger partial charge on any atom is -0.0651 e. The zero-order valence-electron chi connectivity index (χ0n) is 6.48. The summed E-state index contributed by atoms with van der Waals surface area (Å²) in [5.74, 6) is 2.20. The Labute approximate surface area is 57.6 Å². The van der Waals surface area contributed by atoms with E-state index in [0.717, 1.165) is 11.3 Å². The monoisotopic (exact) mass is 124 g/mol. The molecule has 0 aromatic rings. The van der Waals surface area contributed by atoms with Crippen LogP contribution in [-0.2, 0) is 0 Å². The lowest BCUT2D eigenvalue weighted by atomic mass is 9.74. The number of rotatable bonds is 2. The first-order valence-corrected chi connectivity index (χ1v) is 4.29. The molecule has 0 N–H and O–H groups in total. The molecule has 9 heavy (non-hydrogen) atoms. The van der Waals surface area contributed by atoms with Crippen LogP contribution in [0.3, 0.4) is 0 Å². The van der Waals surface area contributed by atoms with E-state index < -0.39 is 0 Å². The fraction of sp³-hybridized carbons (Fsp3) is 1.00. The molecule has 0 heteroatoms. The van der Waals surface area contributed by atoms with E-state index in [1.165, 1.54) is 12.3 Å². The van der Waals surface area contributed by atoms with Crippen LogP contribution in [-0.4, -0.2) is 0 Å². The van der Waals surface area contributed by atoms with Gasteiger partial charge in [0.1, 0.15) is 0 Å². The molecule has 0 saturated heterocycles. The molecule has 0 aromatic carbocycles. The van der Waals surface area contributed by atoms with Crippen molar-refractivity contribution in [3.63, 3.8) is 0 Å². The van der Waals surface area contributed by atoms with Crippen molar-refractivity contribution in [2.75, 3.05) is 0 Å². The van der Waals surface area contributed by atoms with Crippen molar-refractivity contribution < 1.29 is 0 Å². The average molecular weight is 124 g/mol. The molecule has 0 nitrogen and oxygen atoms in total. The molecule has 0 heterocycles. The summed E-state index contributed by atoms with van der Waals surface area (Å²) in [5, 5.41) is 0. The average Bonchev–Trinajstić information content (AvgIpc) is 2.35. The topological polar surface area (TPSA) is 0 Å². The van der Waals surface area contributed by atoms with Crippen molar-refractivity contribution in [1.29, 1.82) is 0 Å². The molecule has 0 amide bonds. The van der Waals surface area contributed by atoms with Gasteiger partial charge in [-0.15, -0.1) is 0 Å². The fourth-order valence-corrected chi connectivity index (χ4v) is 2.58. The molecular formula is C9H16. The highest BCUT2D eigenvalue weighted by Crippen LogP contribution is 2.71. The van der Waals surface area contributed by atoms with Crippen LogP contribution in [0.4, 0.5) is 0 Å². The number of hydrogen-bond acceptors (Lipinski definition) is 0. The van der Waals surface area contributed by atoms with E-state index in [-0.39, 0.29) is 0 Å². The molecule has 2 aliphatic carbocycles. The standard InChI is InChI=1S/C9H16/c1-3-7(2)9-5-4-8(9)6-9/h7-8H,3-6H2,1-2H3. The van der Waals surface area contributed by atoms with Gasteiger partial charge in [0.15, 0.2) is 0 Å². The van der Waals surface area contributed by atoms with E-state index in [1.807, 2.05) is 0 Å².